The molecule has 3 aromatic rings. The normalized spacial score (nSPS) is 12.7. The van der Waals surface area contributed by atoms with Crippen molar-refractivity contribution in [1.82, 2.24) is 10.4 Å². The van der Waals surface area contributed by atoms with Gasteiger partial charge in [-0.1, -0.05) is 18.2 Å². The molecule has 0 aliphatic rings. The van der Waals surface area contributed by atoms with Gasteiger partial charge in [-0.25, -0.2) is 5.43 Å². The van der Waals surface area contributed by atoms with Crippen molar-refractivity contribution < 1.29 is 0 Å². The lowest BCUT2D eigenvalue weighted by Crippen LogP contribution is -2.28. The molecule has 2 heterocycles. The van der Waals surface area contributed by atoms with Gasteiger partial charge in [0.25, 0.3) is 0 Å². The van der Waals surface area contributed by atoms with E-state index in [1.54, 1.807) is 17.5 Å². The Labute approximate surface area is 123 Å². The molecule has 0 aliphatic heterocycles. The molecule has 1 aromatic carbocycles. The summed E-state index contributed by atoms with van der Waals surface area (Å²) in [7, 11) is 0. The molecule has 0 spiro atoms. The van der Waals surface area contributed by atoms with Crippen molar-refractivity contribution in [2.75, 3.05) is 0 Å². The Morgan fingerprint density at radius 2 is 2.05 bits per heavy atom. The Kier molecular flexibility index (Phi) is 3.61. The van der Waals surface area contributed by atoms with E-state index in [-0.39, 0.29) is 6.04 Å². The van der Waals surface area contributed by atoms with E-state index in [0.29, 0.717) is 0 Å². The van der Waals surface area contributed by atoms with Gasteiger partial charge in [0.05, 0.1) is 15.3 Å². The molecular formula is C14H12BrN3S. The van der Waals surface area contributed by atoms with Gasteiger partial charge in [-0.3, -0.25) is 10.8 Å². The lowest BCUT2D eigenvalue weighted by molar-refractivity contribution is 0.650. The van der Waals surface area contributed by atoms with Crippen LogP contribution in [0.25, 0.3) is 10.9 Å². The van der Waals surface area contributed by atoms with Crippen molar-refractivity contribution in [3.05, 3.63) is 62.9 Å². The first-order valence-electron chi connectivity index (χ1n) is 5.84. The summed E-state index contributed by atoms with van der Waals surface area (Å²) in [6.07, 6.45) is 1.80. The van der Waals surface area contributed by atoms with Crippen LogP contribution in [0.3, 0.4) is 0 Å². The highest BCUT2D eigenvalue weighted by Gasteiger charge is 2.17. The number of aromatic nitrogens is 1. The minimum Gasteiger partial charge on any atom is -0.271 e. The van der Waals surface area contributed by atoms with E-state index < -0.39 is 0 Å². The Morgan fingerprint density at radius 1 is 1.16 bits per heavy atom. The van der Waals surface area contributed by atoms with E-state index in [9.17, 15) is 0 Å². The maximum Gasteiger partial charge on any atom is 0.0809 e. The van der Waals surface area contributed by atoms with Crippen molar-refractivity contribution >= 4 is 38.2 Å². The highest BCUT2D eigenvalue weighted by atomic mass is 79.9. The average Bonchev–Trinajstić information content (AvgIpc) is 2.86. The van der Waals surface area contributed by atoms with Gasteiger partial charge in [0.2, 0.25) is 0 Å². The molecular weight excluding hydrogens is 322 g/mol. The number of hydrogen-bond donors (Lipinski definition) is 2. The highest BCUT2D eigenvalue weighted by Crippen LogP contribution is 2.33. The van der Waals surface area contributed by atoms with Crippen molar-refractivity contribution in [3.8, 4) is 0 Å². The molecule has 1 unspecified atom stereocenters. The molecule has 5 heteroatoms. The Balaban J connectivity index is 2.16. The molecule has 3 nitrogen and oxygen atoms in total. The van der Waals surface area contributed by atoms with E-state index in [4.69, 9.17) is 5.84 Å². The van der Waals surface area contributed by atoms with Crippen molar-refractivity contribution in [3.63, 3.8) is 0 Å². The van der Waals surface area contributed by atoms with Crippen LogP contribution in [0.1, 0.15) is 16.5 Å². The molecule has 0 saturated carbocycles. The Bertz CT molecular complexity index is 705. The molecule has 0 fully saturated rings. The van der Waals surface area contributed by atoms with Crippen LogP contribution in [0.4, 0.5) is 0 Å². The summed E-state index contributed by atoms with van der Waals surface area (Å²) in [4.78, 5) is 5.55. The molecule has 0 radical (unpaired) electrons. The summed E-state index contributed by atoms with van der Waals surface area (Å²) in [6.45, 7) is 0. The van der Waals surface area contributed by atoms with Crippen molar-refractivity contribution in [1.29, 1.82) is 0 Å². The molecule has 2 aromatic heterocycles. The number of thiophene rings is 1. The number of benzene rings is 1. The van der Waals surface area contributed by atoms with Crippen molar-refractivity contribution in [2.45, 2.75) is 6.04 Å². The largest absolute Gasteiger partial charge is 0.271 e. The average molecular weight is 334 g/mol. The summed E-state index contributed by atoms with van der Waals surface area (Å²) in [5.41, 5.74) is 5.03. The first kappa shape index (κ1) is 12.7. The monoisotopic (exact) mass is 333 g/mol. The number of hydrazine groups is 1. The smallest absolute Gasteiger partial charge is 0.0809 e. The topological polar surface area (TPSA) is 50.9 Å². The number of pyridine rings is 1. The fourth-order valence-corrected chi connectivity index (χ4v) is 3.69. The molecule has 19 heavy (non-hydrogen) atoms. The van der Waals surface area contributed by atoms with Gasteiger partial charge in [0, 0.05) is 16.5 Å². The van der Waals surface area contributed by atoms with Crippen LogP contribution >= 0.6 is 27.3 Å². The third-order valence-corrected chi connectivity index (χ3v) is 4.72. The Morgan fingerprint density at radius 3 is 2.79 bits per heavy atom. The second-order valence-corrected chi connectivity index (χ2v) is 6.65. The third kappa shape index (κ3) is 2.42. The summed E-state index contributed by atoms with van der Waals surface area (Å²) in [5, 5.41) is 1.12. The van der Waals surface area contributed by atoms with Gasteiger partial charge in [-0.05, 0) is 45.8 Å². The summed E-state index contributed by atoms with van der Waals surface area (Å²) < 4.78 is 1.10. The first-order valence-corrected chi connectivity index (χ1v) is 7.45. The lowest BCUT2D eigenvalue weighted by atomic mass is 10.0. The number of nitrogens with two attached hydrogens (primary N) is 1. The molecule has 3 rings (SSSR count). The molecule has 0 amide bonds. The third-order valence-electron chi connectivity index (χ3n) is 3.04. The van der Waals surface area contributed by atoms with Crippen LogP contribution in [-0.4, -0.2) is 4.98 Å². The van der Waals surface area contributed by atoms with Crippen LogP contribution < -0.4 is 11.3 Å². The minimum absolute atomic E-state index is 0.0239. The van der Waals surface area contributed by atoms with E-state index in [1.807, 2.05) is 24.3 Å². The van der Waals surface area contributed by atoms with Gasteiger partial charge in [-0.15, -0.1) is 11.3 Å². The van der Waals surface area contributed by atoms with Gasteiger partial charge in [-0.2, -0.15) is 0 Å². The van der Waals surface area contributed by atoms with Gasteiger partial charge >= 0.3 is 0 Å². The Hall–Kier alpha value is -1.27. The van der Waals surface area contributed by atoms with E-state index >= 15 is 0 Å². The summed E-state index contributed by atoms with van der Waals surface area (Å²) in [6, 6.07) is 14.2. The zero-order valence-electron chi connectivity index (χ0n) is 10.0. The fourth-order valence-electron chi connectivity index (χ4n) is 2.19. The molecule has 0 saturated heterocycles. The summed E-state index contributed by atoms with van der Waals surface area (Å²) in [5.74, 6) is 5.76. The summed E-state index contributed by atoms with van der Waals surface area (Å²) >= 11 is 5.17. The van der Waals surface area contributed by atoms with Gasteiger partial charge in [0.15, 0.2) is 0 Å². The number of hydrogen-bond acceptors (Lipinski definition) is 4. The standard InChI is InChI=1S/C14H12BrN3S/c15-13-7-6-12(19-13)14(18-16)10-3-1-5-11-9(10)4-2-8-17-11/h1-8,14,18H,16H2. The van der Waals surface area contributed by atoms with Gasteiger partial charge < -0.3 is 0 Å². The predicted octanol–water partition coefficient (Wildman–Crippen LogP) is 3.61. The van der Waals surface area contributed by atoms with E-state index in [2.05, 4.69) is 44.5 Å². The number of fused-ring (bicyclic) bond motifs is 1. The predicted molar refractivity (Wildman–Crippen MR) is 82.9 cm³/mol. The van der Waals surface area contributed by atoms with Crippen LogP contribution in [0.2, 0.25) is 0 Å². The van der Waals surface area contributed by atoms with Crippen LogP contribution in [0.5, 0.6) is 0 Å². The van der Waals surface area contributed by atoms with E-state index in [1.165, 1.54) is 4.88 Å². The quantitative estimate of drug-likeness (QED) is 0.568. The van der Waals surface area contributed by atoms with Gasteiger partial charge in [0.1, 0.15) is 0 Å². The molecule has 96 valence electrons. The molecule has 0 bridgehead atoms. The highest BCUT2D eigenvalue weighted by molar-refractivity contribution is 9.11. The fraction of sp³-hybridized carbons (Fsp3) is 0.0714. The SMILES string of the molecule is NNC(c1ccc(Br)s1)c1cccc2ncccc12. The second-order valence-electron chi connectivity index (χ2n) is 4.16. The number of nitrogens with one attached hydrogen (secondary N) is 1. The zero-order valence-corrected chi connectivity index (χ0v) is 12.4. The van der Waals surface area contributed by atoms with Crippen LogP contribution in [0, 0.1) is 0 Å². The first-order chi connectivity index (χ1) is 9.29. The molecule has 1 atom stereocenters. The minimum atomic E-state index is -0.0239. The van der Waals surface area contributed by atoms with Crippen LogP contribution in [-0.2, 0) is 0 Å². The van der Waals surface area contributed by atoms with Crippen molar-refractivity contribution in [2.24, 2.45) is 5.84 Å². The van der Waals surface area contributed by atoms with Crippen LogP contribution in [0.15, 0.2) is 52.4 Å². The molecule has 3 N–H and O–H groups in total. The van der Waals surface area contributed by atoms with E-state index in [0.717, 1.165) is 20.3 Å². The number of halogens is 1. The molecule has 0 aliphatic carbocycles. The maximum atomic E-state index is 5.76. The number of nitrogens with zero attached hydrogens (tertiary/aromatic N) is 1. The number of rotatable bonds is 3. The second kappa shape index (κ2) is 5.38. The zero-order chi connectivity index (χ0) is 13.2. The maximum absolute atomic E-state index is 5.76. The lowest BCUT2D eigenvalue weighted by Gasteiger charge is -2.16.